The van der Waals surface area contributed by atoms with Gasteiger partial charge in [-0.25, -0.2) is 0 Å². The molecule has 1 fully saturated rings. The fourth-order valence-corrected chi connectivity index (χ4v) is 3.81. The number of anilines is 1. The van der Waals surface area contributed by atoms with E-state index >= 15 is 0 Å². The van der Waals surface area contributed by atoms with E-state index in [0.717, 1.165) is 36.1 Å². The van der Waals surface area contributed by atoms with Gasteiger partial charge in [-0.2, -0.15) is 5.10 Å². The molecule has 2 aromatic heterocycles. The van der Waals surface area contributed by atoms with E-state index in [-0.39, 0.29) is 11.9 Å². The molecule has 1 aliphatic heterocycles. The fourth-order valence-electron chi connectivity index (χ4n) is 2.93. The molecule has 1 atom stereocenters. The molecule has 0 saturated carbocycles. The molecule has 1 aliphatic rings. The molecule has 1 saturated heterocycles. The van der Waals surface area contributed by atoms with Crippen molar-refractivity contribution in [3.63, 3.8) is 0 Å². The molecule has 3 rings (SSSR count). The van der Waals surface area contributed by atoms with Crippen LogP contribution in [0.5, 0.6) is 0 Å². The van der Waals surface area contributed by atoms with Crippen molar-refractivity contribution in [3.05, 3.63) is 23.0 Å². The Balaban J connectivity index is 1.69. The van der Waals surface area contributed by atoms with Gasteiger partial charge in [0.25, 0.3) is 5.91 Å². The van der Waals surface area contributed by atoms with Crippen LogP contribution in [0.2, 0.25) is 0 Å². The highest BCUT2D eigenvalue weighted by Gasteiger charge is 2.28. The van der Waals surface area contributed by atoms with Gasteiger partial charge in [0.05, 0.1) is 11.8 Å². The van der Waals surface area contributed by atoms with Crippen molar-refractivity contribution in [3.8, 4) is 0 Å². The van der Waals surface area contributed by atoms with Crippen LogP contribution in [0, 0.1) is 0 Å². The SMILES string of the molecule is CC(C)c1nnc(N2CCCC(N(C)C(=O)c3cnn(C)c3)C2)s1. The average Bonchev–Trinajstić information content (AvgIpc) is 3.23. The van der Waals surface area contributed by atoms with Gasteiger partial charge in [0.1, 0.15) is 5.01 Å². The lowest BCUT2D eigenvalue weighted by Crippen LogP contribution is -2.48. The van der Waals surface area contributed by atoms with E-state index in [1.807, 2.05) is 19.0 Å². The summed E-state index contributed by atoms with van der Waals surface area (Å²) in [7, 11) is 3.70. The first-order valence-electron chi connectivity index (χ1n) is 8.30. The smallest absolute Gasteiger partial charge is 0.257 e. The molecule has 0 N–H and O–H groups in total. The Morgan fingerprint density at radius 3 is 2.83 bits per heavy atom. The molecular formula is C16H24N6OS. The van der Waals surface area contributed by atoms with E-state index in [4.69, 9.17) is 0 Å². The second-order valence-corrected chi connectivity index (χ2v) is 7.63. The minimum absolute atomic E-state index is 0.0232. The van der Waals surface area contributed by atoms with Gasteiger partial charge in [0, 0.05) is 45.3 Å². The van der Waals surface area contributed by atoms with E-state index in [1.54, 1.807) is 28.4 Å². The first-order chi connectivity index (χ1) is 11.5. The summed E-state index contributed by atoms with van der Waals surface area (Å²) >= 11 is 1.66. The number of carbonyl (C=O) groups is 1. The van der Waals surface area contributed by atoms with Crippen LogP contribution < -0.4 is 4.90 Å². The first kappa shape index (κ1) is 16.9. The van der Waals surface area contributed by atoms with Crippen LogP contribution in [-0.2, 0) is 7.05 Å². The predicted molar refractivity (Wildman–Crippen MR) is 94.5 cm³/mol. The highest BCUT2D eigenvalue weighted by molar-refractivity contribution is 7.15. The molecule has 1 unspecified atom stereocenters. The molecule has 1 amide bonds. The molecule has 0 radical (unpaired) electrons. The fraction of sp³-hybridized carbons (Fsp3) is 0.625. The molecular weight excluding hydrogens is 324 g/mol. The molecule has 0 bridgehead atoms. The summed E-state index contributed by atoms with van der Waals surface area (Å²) in [5.74, 6) is 0.418. The zero-order chi connectivity index (χ0) is 17.3. The van der Waals surface area contributed by atoms with Crippen LogP contribution in [0.1, 0.15) is 48.0 Å². The maximum atomic E-state index is 12.6. The van der Waals surface area contributed by atoms with Crippen LogP contribution >= 0.6 is 11.3 Å². The van der Waals surface area contributed by atoms with Crippen molar-refractivity contribution in [1.29, 1.82) is 0 Å². The molecule has 3 heterocycles. The predicted octanol–water partition coefficient (Wildman–Crippen LogP) is 2.14. The maximum absolute atomic E-state index is 12.6. The Labute approximate surface area is 146 Å². The Hall–Kier alpha value is -1.96. The number of aryl methyl sites for hydroxylation is 1. The van der Waals surface area contributed by atoms with Crippen molar-refractivity contribution >= 4 is 22.4 Å². The zero-order valence-corrected chi connectivity index (χ0v) is 15.5. The van der Waals surface area contributed by atoms with Crippen molar-refractivity contribution in [2.24, 2.45) is 7.05 Å². The summed E-state index contributed by atoms with van der Waals surface area (Å²) in [6.45, 7) is 6.03. The average molecular weight is 348 g/mol. The van der Waals surface area contributed by atoms with Crippen molar-refractivity contribution in [1.82, 2.24) is 24.9 Å². The number of nitrogens with zero attached hydrogens (tertiary/aromatic N) is 6. The number of rotatable bonds is 4. The van der Waals surface area contributed by atoms with E-state index in [1.165, 1.54) is 0 Å². The number of aromatic nitrogens is 4. The zero-order valence-electron chi connectivity index (χ0n) is 14.6. The van der Waals surface area contributed by atoms with Gasteiger partial charge < -0.3 is 9.80 Å². The van der Waals surface area contributed by atoms with Gasteiger partial charge in [-0.05, 0) is 12.8 Å². The highest BCUT2D eigenvalue weighted by Crippen LogP contribution is 2.28. The summed E-state index contributed by atoms with van der Waals surface area (Å²) in [5.41, 5.74) is 0.634. The highest BCUT2D eigenvalue weighted by atomic mass is 32.1. The van der Waals surface area contributed by atoms with Crippen LogP contribution in [0.15, 0.2) is 12.4 Å². The van der Waals surface area contributed by atoms with Crippen molar-refractivity contribution in [2.75, 3.05) is 25.0 Å². The number of hydrogen-bond acceptors (Lipinski definition) is 6. The summed E-state index contributed by atoms with van der Waals surface area (Å²) in [6, 6.07) is 0.179. The molecule has 24 heavy (non-hydrogen) atoms. The van der Waals surface area contributed by atoms with Crippen molar-refractivity contribution < 1.29 is 4.79 Å². The quantitative estimate of drug-likeness (QED) is 0.847. The number of carbonyl (C=O) groups excluding carboxylic acids is 1. The normalized spacial score (nSPS) is 18.2. The van der Waals surface area contributed by atoms with E-state index < -0.39 is 0 Å². The third-order valence-electron chi connectivity index (χ3n) is 4.41. The second kappa shape index (κ2) is 6.88. The van der Waals surface area contributed by atoms with Gasteiger partial charge in [-0.1, -0.05) is 25.2 Å². The van der Waals surface area contributed by atoms with Gasteiger partial charge in [-0.15, -0.1) is 10.2 Å². The van der Waals surface area contributed by atoms with E-state index in [9.17, 15) is 4.79 Å². The summed E-state index contributed by atoms with van der Waals surface area (Å²) in [4.78, 5) is 16.7. The van der Waals surface area contributed by atoms with Gasteiger partial charge in [0.15, 0.2) is 0 Å². The minimum Gasteiger partial charge on any atom is -0.345 e. The Morgan fingerprint density at radius 1 is 1.42 bits per heavy atom. The topological polar surface area (TPSA) is 67.2 Å². The van der Waals surface area contributed by atoms with Gasteiger partial charge >= 0.3 is 0 Å². The summed E-state index contributed by atoms with van der Waals surface area (Å²) < 4.78 is 1.66. The van der Waals surface area contributed by atoms with Crippen LogP contribution in [0.25, 0.3) is 0 Å². The maximum Gasteiger partial charge on any atom is 0.257 e. The minimum atomic E-state index is 0.0232. The standard InChI is InChI=1S/C16H24N6OS/c1-11(2)14-18-19-16(24-14)22-7-5-6-13(10-22)21(4)15(23)12-8-17-20(3)9-12/h8-9,11,13H,5-7,10H2,1-4H3. The lowest BCUT2D eigenvalue weighted by molar-refractivity contribution is 0.0717. The largest absolute Gasteiger partial charge is 0.345 e. The Bertz CT molecular complexity index is 709. The lowest BCUT2D eigenvalue weighted by atomic mass is 10.0. The van der Waals surface area contributed by atoms with Gasteiger partial charge in [0.2, 0.25) is 5.13 Å². The molecule has 7 nitrogen and oxygen atoms in total. The Morgan fingerprint density at radius 2 is 2.21 bits per heavy atom. The monoisotopic (exact) mass is 348 g/mol. The molecule has 0 spiro atoms. The molecule has 0 aromatic carbocycles. The molecule has 130 valence electrons. The van der Waals surface area contributed by atoms with Crippen LogP contribution in [0.3, 0.4) is 0 Å². The molecule has 2 aromatic rings. The Kier molecular flexibility index (Phi) is 4.84. The third-order valence-corrected chi connectivity index (χ3v) is 5.70. The number of likely N-dealkylation sites (N-methyl/N-ethyl adjacent to an activating group) is 1. The van der Waals surface area contributed by atoms with Crippen LogP contribution in [0.4, 0.5) is 5.13 Å². The second-order valence-electron chi connectivity index (χ2n) is 6.64. The number of amides is 1. The van der Waals surface area contributed by atoms with Crippen LogP contribution in [-0.4, -0.2) is 57.0 Å². The molecule has 8 heteroatoms. The summed E-state index contributed by atoms with van der Waals surface area (Å²) in [6.07, 6.45) is 5.44. The third kappa shape index (κ3) is 3.43. The van der Waals surface area contributed by atoms with Gasteiger partial charge in [-0.3, -0.25) is 9.48 Å². The van der Waals surface area contributed by atoms with Crippen molar-refractivity contribution in [2.45, 2.75) is 38.6 Å². The first-order valence-corrected chi connectivity index (χ1v) is 9.11. The number of hydrogen-bond donors (Lipinski definition) is 0. The van der Waals surface area contributed by atoms with E-state index in [2.05, 4.69) is 34.0 Å². The number of piperidine rings is 1. The lowest BCUT2D eigenvalue weighted by Gasteiger charge is -2.37. The summed E-state index contributed by atoms with van der Waals surface area (Å²) in [5, 5.41) is 14.7. The van der Waals surface area contributed by atoms with E-state index in [0.29, 0.717) is 11.5 Å². The molecule has 0 aliphatic carbocycles.